The summed E-state index contributed by atoms with van der Waals surface area (Å²) >= 11 is 0. The monoisotopic (exact) mass is 295 g/mol. The van der Waals surface area contributed by atoms with Gasteiger partial charge in [0, 0.05) is 24.7 Å². The second kappa shape index (κ2) is 5.97. The maximum atomic E-state index is 13.6. The third-order valence-electron chi connectivity index (χ3n) is 4.00. The van der Waals surface area contributed by atoms with Crippen LogP contribution in [0.3, 0.4) is 0 Å². The van der Waals surface area contributed by atoms with Crippen molar-refractivity contribution in [3.8, 4) is 0 Å². The van der Waals surface area contributed by atoms with E-state index in [0.29, 0.717) is 12.6 Å². The minimum Gasteiger partial charge on any atom is -0.320 e. The van der Waals surface area contributed by atoms with Gasteiger partial charge in [0.1, 0.15) is 11.6 Å². The first-order valence-corrected chi connectivity index (χ1v) is 7.39. The summed E-state index contributed by atoms with van der Waals surface area (Å²) in [6.45, 7) is 1.62. The molecule has 1 saturated carbocycles. The van der Waals surface area contributed by atoms with E-state index in [-0.39, 0.29) is 17.8 Å². The summed E-state index contributed by atoms with van der Waals surface area (Å²) < 4.78 is 26.5. The standard InChI is InChI=1S/C15H19F2N3O/c16-10-3-6-14(13(17)8-10)19-15(21)20(12-4-5-12)9-11-2-1-7-18-11/h3,6,8,11-12,18H,1-2,4-5,7,9H2,(H,19,21). The maximum Gasteiger partial charge on any atom is 0.322 e. The van der Waals surface area contributed by atoms with Gasteiger partial charge in [-0.15, -0.1) is 0 Å². The van der Waals surface area contributed by atoms with E-state index in [2.05, 4.69) is 10.6 Å². The minimum atomic E-state index is -0.752. The highest BCUT2D eigenvalue weighted by Crippen LogP contribution is 2.28. The highest BCUT2D eigenvalue weighted by molar-refractivity contribution is 5.89. The number of hydrogen-bond donors (Lipinski definition) is 2. The molecule has 114 valence electrons. The van der Waals surface area contributed by atoms with Gasteiger partial charge in [0.2, 0.25) is 0 Å². The Morgan fingerprint density at radius 2 is 2.14 bits per heavy atom. The quantitative estimate of drug-likeness (QED) is 0.897. The zero-order valence-corrected chi connectivity index (χ0v) is 11.7. The Morgan fingerprint density at radius 3 is 2.76 bits per heavy atom. The number of nitrogens with zero attached hydrogens (tertiary/aromatic N) is 1. The first-order valence-electron chi connectivity index (χ1n) is 7.39. The number of amides is 2. The minimum absolute atomic E-state index is 0.0198. The topological polar surface area (TPSA) is 44.4 Å². The fraction of sp³-hybridized carbons (Fsp3) is 0.533. The van der Waals surface area contributed by atoms with Crippen LogP contribution in [0.4, 0.5) is 19.3 Å². The first-order chi connectivity index (χ1) is 10.1. The van der Waals surface area contributed by atoms with E-state index in [4.69, 9.17) is 0 Å². The smallest absolute Gasteiger partial charge is 0.320 e. The third-order valence-corrected chi connectivity index (χ3v) is 4.00. The van der Waals surface area contributed by atoms with Crippen molar-refractivity contribution in [2.45, 2.75) is 37.8 Å². The number of benzene rings is 1. The van der Waals surface area contributed by atoms with Gasteiger partial charge in [-0.3, -0.25) is 0 Å². The zero-order chi connectivity index (χ0) is 14.8. The number of hydrogen-bond acceptors (Lipinski definition) is 2. The van der Waals surface area contributed by atoms with Crippen LogP contribution < -0.4 is 10.6 Å². The predicted octanol–water partition coefficient (Wildman–Crippen LogP) is 2.71. The van der Waals surface area contributed by atoms with Gasteiger partial charge in [0.05, 0.1) is 5.69 Å². The Balaban J connectivity index is 1.66. The van der Waals surface area contributed by atoms with E-state index >= 15 is 0 Å². The Hall–Kier alpha value is -1.69. The van der Waals surface area contributed by atoms with Crippen LogP contribution in [0.25, 0.3) is 0 Å². The first kappa shape index (κ1) is 14.3. The molecule has 1 aliphatic heterocycles. The van der Waals surface area contributed by atoms with Crippen LogP contribution in [0.5, 0.6) is 0 Å². The summed E-state index contributed by atoms with van der Waals surface area (Å²) in [5.41, 5.74) is 0.0198. The fourth-order valence-electron chi connectivity index (χ4n) is 2.71. The number of carbonyl (C=O) groups excluding carboxylic acids is 1. The lowest BCUT2D eigenvalue weighted by atomic mass is 10.2. The number of nitrogens with one attached hydrogen (secondary N) is 2. The Bertz CT molecular complexity index is 528. The summed E-state index contributed by atoms with van der Waals surface area (Å²) in [7, 11) is 0. The number of carbonyl (C=O) groups is 1. The van der Waals surface area contributed by atoms with E-state index in [1.807, 2.05) is 0 Å². The van der Waals surface area contributed by atoms with Crippen molar-refractivity contribution < 1.29 is 13.6 Å². The van der Waals surface area contributed by atoms with E-state index in [1.165, 1.54) is 6.07 Å². The molecule has 1 unspecified atom stereocenters. The van der Waals surface area contributed by atoms with Gasteiger partial charge in [0.15, 0.2) is 0 Å². The molecule has 0 aromatic heterocycles. The van der Waals surface area contributed by atoms with Gasteiger partial charge in [0.25, 0.3) is 0 Å². The number of halogens is 2. The Kier molecular flexibility index (Phi) is 4.05. The maximum absolute atomic E-state index is 13.6. The molecule has 21 heavy (non-hydrogen) atoms. The molecular formula is C15H19F2N3O. The predicted molar refractivity (Wildman–Crippen MR) is 76.1 cm³/mol. The molecule has 1 aromatic rings. The normalized spacial score (nSPS) is 21.3. The van der Waals surface area contributed by atoms with Crippen LogP contribution in [-0.4, -0.2) is 36.1 Å². The molecule has 0 radical (unpaired) electrons. The van der Waals surface area contributed by atoms with Gasteiger partial charge in [-0.1, -0.05) is 0 Å². The number of anilines is 1. The van der Waals surface area contributed by atoms with Crippen LogP contribution in [-0.2, 0) is 0 Å². The third kappa shape index (κ3) is 3.50. The summed E-state index contributed by atoms with van der Waals surface area (Å²) in [5, 5.41) is 5.91. The molecule has 2 amide bonds. The lowest BCUT2D eigenvalue weighted by Gasteiger charge is -2.26. The second-order valence-corrected chi connectivity index (χ2v) is 5.73. The lowest BCUT2D eigenvalue weighted by Crippen LogP contribution is -2.44. The van der Waals surface area contributed by atoms with Crippen molar-refractivity contribution in [1.29, 1.82) is 0 Å². The van der Waals surface area contributed by atoms with Crippen LogP contribution in [0.1, 0.15) is 25.7 Å². The molecule has 1 aromatic carbocycles. The van der Waals surface area contributed by atoms with Crippen molar-refractivity contribution in [2.24, 2.45) is 0 Å². The molecule has 2 N–H and O–H groups in total. The zero-order valence-electron chi connectivity index (χ0n) is 11.7. The molecular weight excluding hydrogens is 276 g/mol. The molecule has 0 bridgehead atoms. The van der Waals surface area contributed by atoms with Crippen molar-refractivity contribution in [1.82, 2.24) is 10.2 Å². The van der Waals surface area contributed by atoms with E-state index in [0.717, 1.165) is 44.4 Å². The van der Waals surface area contributed by atoms with Crippen molar-refractivity contribution in [3.63, 3.8) is 0 Å². The summed E-state index contributed by atoms with van der Waals surface area (Å²) in [6.07, 6.45) is 4.16. The summed E-state index contributed by atoms with van der Waals surface area (Å²) in [5.74, 6) is -1.40. The highest BCUT2D eigenvalue weighted by atomic mass is 19.1. The average Bonchev–Trinajstić information content (AvgIpc) is 3.16. The highest BCUT2D eigenvalue weighted by Gasteiger charge is 2.34. The average molecular weight is 295 g/mol. The molecule has 2 fully saturated rings. The van der Waals surface area contributed by atoms with Gasteiger partial charge in [-0.2, -0.15) is 0 Å². The van der Waals surface area contributed by atoms with Gasteiger partial charge >= 0.3 is 6.03 Å². The molecule has 1 saturated heterocycles. The van der Waals surface area contributed by atoms with Gasteiger partial charge in [-0.05, 0) is 44.4 Å². The van der Waals surface area contributed by atoms with Crippen molar-refractivity contribution in [3.05, 3.63) is 29.8 Å². The van der Waals surface area contributed by atoms with E-state index < -0.39 is 11.6 Å². The van der Waals surface area contributed by atoms with Gasteiger partial charge < -0.3 is 15.5 Å². The van der Waals surface area contributed by atoms with Crippen LogP contribution in [0.2, 0.25) is 0 Å². The summed E-state index contributed by atoms with van der Waals surface area (Å²) in [6, 6.07) is 3.41. The van der Waals surface area contributed by atoms with E-state index in [1.54, 1.807) is 4.90 Å². The van der Waals surface area contributed by atoms with Crippen LogP contribution in [0, 0.1) is 11.6 Å². The second-order valence-electron chi connectivity index (χ2n) is 5.73. The molecule has 2 aliphatic rings. The fourth-order valence-corrected chi connectivity index (χ4v) is 2.71. The largest absolute Gasteiger partial charge is 0.322 e. The van der Waals surface area contributed by atoms with Crippen LogP contribution in [0.15, 0.2) is 18.2 Å². The lowest BCUT2D eigenvalue weighted by molar-refractivity contribution is 0.203. The van der Waals surface area contributed by atoms with E-state index in [9.17, 15) is 13.6 Å². The Morgan fingerprint density at radius 1 is 1.33 bits per heavy atom. The number of urea groups is 1. The molecule has 3 rings (SSSR count). The SMILES string of the molecule is O=C(Nc1ccc(F)cc1F)N(CC1CCCN1)C1CC1. The Labute approximate surface area is 122 Å². The molecule has 1 heterocycles. The molecule has 1 aliphatic carbocycles. The van der Waals surface area contributed by atoms with Gasteiger partial charge in [-0.25, -0.2) is 13.6 Å². The molecule has 1 atom stereocenters. The van der Waals surface area contributed by atoms with Crippen LogP contribution >= 0.6 is 0 Å². The van der Waals surface area contributed by atoms with Crippen molar-refractivity contribution >= 4 is 11.7 Å². The molecule has 6 heteroatoms. The van der Waals surface area contributed by atoms with Crippen molar-refractivity contribution in [2.75, 3.05) is 18.4 Å². The molecule has 0 spiro atoms. The summed E-state index contributed by atoms with van der Waals surface area (Å²) in [4.78, 5) is 14.1. The molecule has 4 nitrogen and oxygen atoms in total. The number of rotatable bonds is 4.